The van der Waals surface area contributed by atoms with E-state index in [1.165, 1.54) is 27.4 Å². The van der Waals surface area contributed by atoms with Crippen molar-refractivity contribution in [2.24, 2.45) is 0 Å². The van der Waals surface area contributed by atoms with Crippen molar-refractivity contribution in [3.8, 4) is 23.0 Å². The summed E-state index contributed by atoms with van der Waals surface area (Å²) in [5.41, 5.74) is 1.90. The molecule has 0 unspecified atom stereocenters. The van der Waals surface area contributed by atoms with Crippen LogP contribution in [0.4, 0.5) is 0 Å². The minimum Gasteiger partial charge on any atom is -0.504 e. The number of rotatable bonds is 8. The van der Waals surface area contributed by atoms with E-state index in [4.69, 9.17) is 14.2 Å². The summed E-state index contributed by atoms with van der Waals surface area (Å²) < 4.78 is 15.6. The van der Waals surface area contributed by atoms with Gasteiger partial charge in [0, 0.05) is 11.1 Å². The summed E-state index contributed by atoms with van der Waals surface area (Å²) in [6, 6.07) is 8.45. The summed E-state index contributed by atoms with van der Waals surface area (Å²) in [6.07, 6.45) is 5.32. The number of methoxy groups -OCH3 is 3. The Balaban J connectivity index is 2.30. The van der Waals surface area contributed by atoms with Crippen LogP contribution in [0.3, 0.4) is 0 Å². The molecule has 0 aliphatic rings. The van der Waals surface area contributed by atoms with Gasteiger partial charge in [0.15, 0.2) is 28.8 Å². The maximum absolute atomic E-state index is 12.4. The Bertz CT molecular complexity index is 837. The van der Waals surface area contributed by atoms with Crippen LogP contribution in [0.2, 0.25) is 0 Å². The molecule has 0 aliphatic carbocycles. The Hall–Kier alpha value is -3.21. The largest absolute Gasteiger partial charge is 0.504 e. The number of benzene rings is 2. The van der Waals surface area contributed by atoms with E-state index in [-0.39, 0.29) is 11.5 Å². The Morgan fingerprint density at radius 1 is 1.04 bits per heavy atom. The highest BCUT2D eigenvalue weighted by Crippen LogP contribution is 2.32. The van der Waals surface area contributed by atoms with Gasteiger partial charge in [-0.3, -0.25) is 4.79 Å². The highest BCUT2D eigenvalue weighted by Gasteiger charge is 2.10. The van der Waals surface area contributed by atoms with Crippen LogP contribution in [0.5, 0.6) is 23.0 Å². The van der Waals surface area contributed by atoms with E-state index in [0.29, 0.717) is 34.8 Å². The monoisotopic (exact) mass is 354 g/mol. The second-order valence-corrected chi connectivity index (χ2v) is 5.49. The van der Waals surface area contributed by atoms with Crippen LogP contribution in [0.25, 0.3) is 6.08 Å². The third-order valence-electron chi connectivity index (χ3n) is 3.86. The highest BCUT2D eigenvalue weighted by atomic mass is 16.5. The summed E-state index contributed by atoms with van der Waals surface area (Å²) in [7, 11) is 4.54. The van der Waals surface area contributed by atoms with E-state index in [1.807, 2.05) is 0 Å². The fourth-order valence-electron chi connectivity index (χ4n) is 2.51. The SMILES string of the molecule is C=CCc1cc(/C=C/C(=O)c2ccc(OC)c(OC)c2)cc(OC)c1O. The molecule has 2 aromatic rings. The van der Waals surface area contributed by atoms with Crippen LogP contribution in [-0.4, -0.2) is 32.2 Å². The van der Waals surface area contributed by atoms with Crippen LogP contribution < -0.4 is 14.2 Å². The minimum atomic E-state index is -0.178. The molecule has 0 fully saturated rings. The molecule has 0 radical (unpaired) electrons. The Morgan fingerprint density at radius 2 is 1.73 bits per heavy atom. The van der Waals surface area contributed by atoms with E-state index in [1.54, 1.807) is 42.5 Å². The molecule has 136 valence electrons. The number of carbonyl (C=O) groups is 1. The normalized spacial score (nSPS) is 10.6. The highest BCUT2D eigenvalue weighted by molar-refractivity contribution is 6.07. The van der Waals surface area contributed by atoms with Gasteiger partial charge in [0.2, 0.25) is 0 Å². The predicted octanol–water partition coefficient (Wildman–Crippen LogP) is 4.04. The molecular weight excluding hydrogens is 332 g/mol. The zero-order valence-electron chi connectivity index (χ0n) is 15.1. The van der Waals surface area contributed by atoms with Crippen molar-refractivity contribution in [2.75, 3.05) is 21.3 Å². The van der Waals surface area contributed by atoms with Gasteiger partial charge in [-0.1, -0.05) is 12.2 Å². The molecule has 0 aromatic heterocycles. The number of allylic oxidation sites excluding steroid dienone is 2. The Kier molecular flexibility index (Phi) is 6.44. The average Bonchev–Trinajstić information content (AvgIpc) is 2.67. The topological polar surface area (TPSA) is 65.0 Å². The van der Waals surface area contributed by atoms with Gasteiger partial charge in [0.05, 0.1) is 21.3 Å². The van der Waals surface area contributed by atoms with Crippen molar-refractivity contribution in [2.45, 2.75) is 6.42 Å². The van der Waals surface area contributed by atoms with Gasteiger partial charge >= 0.3 is 0 Å². The lowest BCUT2D eigenvalue weighted by atomic mass is 10.0. The van der Waals surface area contributed by atoms with Crippen LogP contribution in [0.15, 0.2) is 49.1 Å². The number of hydrogen-bond donors (Lipinski definition) is 1. The smallest absolute Gasteiger partial charge is 0.185 e. The van der Waals surface area contributed by atoms with Gasteiger partial charge < -0.3 is 19.3 Å². The van der Waals surface area contributed by atoms with Crippen molar-refractivity contribution in [1.82, 2.24) is 0 Å². The predicted molar refractivity (Wildman–Crippen MR) is 101 cm³/mol. The molecule has 0 amide bonds. The Labute approximate surface area is 153 Å². The molecule has 0 bridgehead atoms. The third-order valence-corrected chi connectivity index (χ3v) is 3.86. The lowest BCUT2D eigenvalue weighted by molar-refractivity contribution is 0.104. The van der Waals surface area contributed by atoms with Crippen molar-refractivity contribution < 1.29 is 24.1 Å². The molecule has 0 saturated heterocycles. The molecule has 0 atom stereocenters. The zero-order chi connectivity index (χ0) is 19.1. The molecule has 5 heteroatoms. The Morgan fingerprint density at radius 3 is 2.35 bits per heavy atom. The summed E-state index contributed by atoms with van der Waals surface area (Å²) >= 11 is 0. The summed E-state index contributed by atoms with van der Waals surface area (Å²) in [5, 5.41) is 10.1. The maximum atomic E-state index is 12.4. The number of hydrogen-bond acceptors (Lipinski definition) is 5. The lowest BCUT2D eigenvalue weighted by Gasteiger charge is -2.09. The quantitative estimate of drug-likeness (QED) is 0.440. The first-order valence-electron chi connectivity index (χ1n) is 7.99. The average molecular weight is 354 g/mol. The molecule has 2 rings (SSSR count). The molecule has 0 spiro atoms. The second kappa shape index (κ2) is 8.76. The van der Waals surface area contributed by atoms with E-state index in [0.717, 1.165) is 5.56 Å². The zero-order valence-corrected chi connectivity index (χ0v) is 15.1. The van der Waals surface area contributed by atoms with E-state index < -0.39 is 0 Å². The van der Waals surface area contributed by atoms with Crippen molar-refractivity contribution >= 4 is 11.9 Å². The summed E-state index contributed by atoms with van der Waals surface area (Å²) in [6.45, 7) is 3.68. The number of ketones is 1. The van der Waals surface area contributed by atoms with Gasteiger partial charge in [-0.25, -0.2) is 0 Å². The van der Waals surface area contributed by atoms with Crippen LogP contribution in [0, 0.1) is 0 Å². The molecule has 0 heterocycles. The van der Waals surface area contributed by atoms with Crippen LogP contribution >= 0.6 is 0 Å². The number of ether oxygens (including phenoxy) is 3. The number of phenolic OH excluding ortho intramolecular Hbond substituents is 1. The first-order chi connectivity index (χ1) is 12.5. The fraction of sp³-hybridized carbons (Fsp3) is 0.190. The maximum Gasteiger partial charge on any atom is 0.185 e. The summed E-state index contributed by atoms with van der Waals surface area (Å²) in [5.74, 6) is 1.30. The number of phenols is 1. The number of aromatic hydroxyl groups is 1. The number of carbonyl (C=O) groups excluding carboxylic acids is 1. The molecular formula is C21H22O5. The van der Waals surface area contributed by atoms with Gasteiger partial charge in [-0.05, 0) is 48.4 Å². The molecule has 0 saturated carbocycles. The van der Waals surface area contributed by atoms with Gasteiger partial charge in [-0.15, -0.1) is 6.58 Å². The molecule has 1 N–H and O–H groups in total. The lowest BCUT2D eigenvalue weighted by Crippen LogP contribution is -1.97. The van der Waals surface area contributed by atoms with Crippen LogP contribution in [-0.2, 0) is 6.42 Å². The molecule has 0 aliphatic heterocycles. The van der Waals surface area contributed by atoms with Crippen molar-refractivity contribution in [3.63, 3.8) is 0 Å². The van der Waals surface area contributed by atoms with Crippen molar-refractivity contribution in [3.05, 3.63) is 65.8 Å². The van der Waals surface area contributed by atoms with Crippen molar-refractivity contribution in [1.29, 1.82) is 0 Å². The van der Waals surface area contributed by atoms with Gasteiger partial charge in [0.1, 0.15) is 0 Å². The first kappa shape index (κ1) is 19.1. The third kappa shape index (κ3) is 4.25. The fourth-order valence-corrected chi connectivity index (χ4v) is 2.51. The van der Waals surface area contributed by atoms with E-state index >= 15 is 0 Å². The van der Waals surface area contributed by atoms with Crippen LogP contribution in [0.1, 0.15) is 21.5 Å². The minimum absolute atomic E-state index is 0.0794. The summed E-state index contributed by atoms with van der Waals surface area (Å²) in [4.78, 5) is 12.4. The van der Waals surface area contributed by atoms with E-state index in [9.17, 15) is 9.90 Å². The van der Waals surface area contributed by atoms with Gasteiger partial charge in [0.25, 0.3) is 0 Å². The van der Waals surface area contributed by atoms with E-state index in [2.05, 4.69) is 6.58 Å². The molecule has 2 aromatic carbocycles. The molecule has 5 nitrogen and oxygen atoms in total. The first-order valence-corrected chi connectivity index (χ1v) is 7.99. The standard InChI is InChI=1S/C21H22O5/c1-5-6-16-11-14(12-20(26-4)21(16)23)7-9-17(22)15-8-10-18(24-2)19(13-15)25-3/h5,7-13,23H,1,6H2,2-4H3/b9-7+. The second-order valence-electron chi connectivity index (χ2n) is 5.49. The molecule has 26 heavy (non-hydrogen) atoms. The van der Waals surface area contributed by atoms with Gasteiger partial charge in [-0.2, -0.15) is 0 Å².